The zero-order valence-electron chi connectivity index (χ0n) is 10.5. The highest BCUT2D eigenvalue weighted by Gasteiger charge is 2.09. The molecule has 0 aliphatic rings. The average molecular weight is 294 g/mol. The molecule has 0 fully saturated rings. The molecule has 2 rings (SSSR count). The maximum absolute atomic E-state index is 12.2. The van der Waals surface area contributed by atoms with Crippen LogP contribution in [0.5, 0.6) is 0 Å². The van der Waals surface area contributed by atoms with E-state index in [4.69, 9.17) is 17.3 Å². The molecule has 0 heterocycles. The van der Waals surface area contributed by atoms with E-state index in [9.17, 15) is 4.21 Å². The first kappa shape index (κ1) is 14.1. The lowest BCUT2D eigenvalue weighted by Gasteiger charge is -2.06. The maximum Gasteiger partial charge on any atom is 0.0594 e. The van der Waals surface area contributed by atoms with E-state index in [0.29, 0.717) is 21.4 Å². The standard InChI is InChI=1S/C15H16ClNOS/c16-14-9-8-13(17)11-15(14)19(18)10-4-7-12-5-2-1-3-6-12/h1-3,5-6,8-9,11H,4,7,10,17H2. The third-order valence-electron chi connectivity index (χ3n) is 2.84. The van der Waals surface area contributed by atoms with Crippen LogP contribution in [0, 0.1) is 0 Å². The second-order valence-electron chi connectivity index (χ2n) is 4.33. The second kappa shape index (κ2) is 6.73. The van der Waals surface area contributed by atoms with E-state index in [1.807, 2.05) is 18.2 Å². The molecular formula is C15H16ClNOS. The van der Waals surface area contributed by atoms with Crippen LogP contribution in [0.15, 0.2) is 53.4 Å². The fourth-order valence-electron chi connectivity index (χ4n) is 1.86. The van der Waals surface area contributed by atoms with Crippen molar-refractivity contribution in [2.75, 3.05) is 11.5 Å². The van der Waals surface area contributed by atoms with Crippen molar-refractivity contribution in [3.05, 3.63) is 59.1 Å². The van der Waals surface area contributed by atoms with Crippen LogP contribution in [0.3, 0.4) is 0 Å². The van der Waals surface area contributed by atoms with Gasteiger partial charge in [0.15, 0.2) is 0 Å². The molecule has 100 valence electrons. The number of aryl methyl sites for hydroxylation is 1. The predicted octanol–water partition coefficient (Wildman–Crippen LogP) is 3.66. The highest BCUT2D eigenvalue weighted by atomic mass is 35.5. The highest BCUT2D eigenvalue weighted by Crippen LogP contribution is 2.23. The Kier molecular flexibility index (Phi) is 5.00. The summed E-state index contributed by atoms with van der Waals surface area (Å²) in [5.74, 6) is 0.595. The van der Waals surface area contributed by atoms with Gasteiger partial charge in [-0.2, -0.15) is 0 Å². The smallest absolute Gasteiger partial charge is 0.0594 e. The summed E-state index contributed by atoms with van der Waals surface area (Å²) in [6.07, 6.45) is 1.79. The van der Waals surface area contributed by atoms with Gasteiger partial charge in [-0.3, -0.25) is 4.21 Å². The summed E-state index contributed by atoms with van der Waals surface area (Å²) < 4.78 is 12.2. The fourth-order valence-corrected chi connectivity index (χ4v) is 3.41. The number of anilines is 1. The number of rotatable bonds is 5. The van der Waals surface area contributed by atoms with Gasteiger partial charge in [0.2, 0.25) is 0 Å². The van der Waals surface area contributed by atoms with Crippen LogP contribution in [0.25, 0.3) is 0 Å². The molecule has 19 heavy (non-hydrogen) atoms. The van der Waals surface area contributed by atoms with E-state index in [-0.39, 0.29) is 0 Å². The van der Waals surface area contributed by atoms with Crippen molar-refractivity contribution in [3.8, 4) is 0 Å². The summed E-state index contributed by atoms with van der Waals surface area (Å²) >= 11 is 6.04. The summed E-state index contributed by atoms with van der Waals surface area (Å²) in [4.78, 5) is 0.634. The van der Waals surface area contributed by atoms with Crippen molar-refractivity contribution in [1.82, 2.24) is 0 Å². The number of benzene rings is 2. The van der Waals surface area contributed by atoms with Crippen molar-refractivity contribution >= 4 is 28.1 Å². The molecule has 0 aliphatic heterocycles. The lowest BCUT2D eigenvalue weighted by atomic mass is 10.1. The molecule has 0 aromatic heterocycles. The molecule has 0 radical (unpaired) electrons. The first-order valence-electron chi connectivity index (χ1n) is 6.14. The van der Waals surface area contributed by atoms with E-state index in [2.05, 4.69) is 12.1 Å². The molecule has 1 unspecified atom stereocenters. The summed E-state index contributed by atoms with van der Waals surface area (Å²) in [6.45, 7) is 0. The number of nitrogen functional groups attached to an aromatic ring is 1. The van der Waals surface area contributed by atoms with Gasteiger partial charge >= 0.3 is 0 Å². The van der Waals surface area contributed by atoms with Crippen molar-refractivity contribution < 1.29 is 4.21 Å². The van der Waals surface area contributed by atoms with Crippen molar-refractivity contribution in [3.63, 3.8) is 0 Å². The predicted molar refractivity (Wildman–Crippen MR) is 81.9 cm³/mol. The second-order valence-corrected chi connectivity index (χ2v) is 6.27. The van der Waals surface area contributed by atoms with Gasteiger partial charge in [-0.05, 0) is 36.6 Å². The van der Waals surface area contributed by atoms with Crippen LogP contribution in [0.4, 0.5) is 5.69 Å². The summed E-state index contributed by atoms with van der Waals surface area (Å²) in [6, 6.07) is 15.3. The molecule has 0 spiro atoms. The van der Waals surface area contributed by atoms with Gasteiger partial charge < -0.3 is 5.73 Å². The van der Waals surface area contributed by atoms with Crippen LogP contribution in [0.1, 0.15) is 12.0 Å². The van der Waals surface area contributed by atoms with Crippen LogP contribution in [-0.4, -0.2) is 9.96 Å². The van der Waals surface area contributed by atoms with Gasteiger partial charge in [0, 0.05) is 11.4 Å². The zero-order valence-corrected chi connectivity index (χ0v) is 12.1. The topological polar surface area (TPSA) is 43.1 Å². The van der Waals surface area contributed by atoms with Crippen molar-refractivity contribution in [2.45, 2.75) is 17.7 Å². The van der Waals surface area contributed by atoms with Gasteiger partial charge in [-0.1, -0.05) is 41.9 Å². The highest BCUT2D eigenvalue weighted by molar-refractivity contribution is 7.85. The van der Waals surface area contributed by atoms with Gasteiger partial charge in [0.05, 0.1) is 20.7 Å². The maximum atomic E-state index is 12.2. The normalized spacial score (nSPS) is 12.3. The van der Waals surface area contributed by atoms with Crippen molar-refractivity contribution in [2.24, 2.45) is 0 Å². The van der Waals surface area contributed by atoms with Crippen LogP contribution >= 0.6 is 11.6 Å². The lowest BCUT2D eigenvalue weighted by molar-refractivity contribution is 0.680. The first-order chi connectivity index (χ1) is 9.16. The minimum Gasteiger partial charge on any atom is -0.399 e. The van der Waals surface area contributed by atoms with E-state index >= 15 is 0 Å². The van der Waals surface area contributed by atoms with E-state index in [0.717, 1.165) is 12.8 Å². The van der Waals surface area contributed by atoms with Crippen LogP contribution in [0.2, 0.25) is 5.02 Å². The fraction of sp³-hybridized carbons (Fsp3) is 0.200. The van der Waals surface area contributed by atoms with Crippen LogP contribution < -0.4 is 5.73 Å². The third-order valence-corrected chi connectivity index (χ3v) is 4.77. The zero-order chi connectivity index (χ0) is 13.7. The number of nitrogens with two attached hydrogens (primary N) is 1. The Hall–Kier alpha value is -1.32. The molecular weight excluding hydrogens is 278 g/mol. The molecule has 2 aromatic rings. The molecule has 4 heteroatoms. The van der Waals surface area contributed by atoms with Gasteiger partial charge in [0.1, 0.15) is 0 Å². The summed E-state index contributed by atoms with van der Waals surface area (Å²) in [5.41, 5.74) is 7.55. The molecule has 0 bridgehead atoms. The van der Waals surface area contributed by atoms with E-state index < -0.39 is 10.8 Å². The third kappa shape index (κ3) is 4.08. The van der Waals surface area contributed by atoms with Crippen LogP contribution in [-0.2, 0) is 17.2 Å². The Morgan fingerprint density at radius 3 is 2.58 bits per heavy atom. The number of hydrogen-bond donors (Lipinski definition) is 1. The Morgan fingerprint density at radius 1 is 1.11 bits per heavy atom. The molecule has 2 N–H and O–H groups in total. The van der Waals surface area contributed by atoms with E-state index in [1.165, 1.54) is 5.56 Å². The minimum atomic E-state index is -1.09. The average Bonchev–Trinajstić information content (AvgIpc) is 2.42. The molecule has 2 nitrogen and oxygen atoms in total. The number of halogens is 1. The monoisotopic (exact) mass is 293 g/mol. The van der Waals surface area contributed by atoms with Crippen molar-refractivity contribution in [1.29, 1.82) is 0 Å². The Bertz CT molecular complexity index is 572. The molecule has 0 saturated heterocycles. The first-order valence-corrected chi connectivity index (χ1v) is 7.84. The quantitative estimate of drug-likeness (QED) is 0.855. The largest absolute Gasteiger partial charge is 0.399 e. The summed E-state index contributed by atoms with van der Waals surface area (Å²) in [5, 5.41) is 0.521. The van der Waals surface area contributed by atoms with Gasteiger partial charge in [-0.15, -0.1) is 0 Å². The van der Waals surface area contributed by atoms with E-state index in [1.54, 1.807) is 18.2 Å². The van der Waals surface area contributed by atoms with Gasteiger partial charge in [0.25, 0.3) is 0 Å². The Balaban J connectivity index is 1.93. The Morgan fingerprint density at radius 2 is 1.84 bits per heavy atom. The molecule has 0 amide bonds. The van der Waals surface area contributed by atoms with Gasteiger partial charge in [-0.25, -0.2) is 0 Å². The summed E-state index contributed by atoms with van der Waals surface area (Å²) in [7, 11) is -1.09. The molecule has 2 aromatic carbocycles. The Labute approximate surface area is 121 Å². The lowest BCUT2D eigenvalue weighted by Crippen LogP contribution is -2.01. The SMILES string of the molecule is Nc1ccc(Cl)c(S(=O)CCCc2ccccc2)c1. The molecule has 1 atom stereocenters. The number of hydrogen-bond acceptors (Lipinski definition) is 2. The molecule has 0 aliphatic carbocycles. The molecule has 0 saturated carbocycles. The minimum absolute atomic E-state index is 0.521.